The predicted molar refractivity (Wildman–Crippen MR) is 101 cm³/mol. The maximum Gasteiger partial charge on any atom is 0.150 e. The number of hydrogen-bond donors (Lipinski definition) is 0. The molecule has 0 heterocycles. The molecule has 3 aromatic rings. The lowest BCUT2D eigenvalue weighted by Gasteiger charge is -2.29. The van der Waals surface area contributed by atoms with Gasteiger partial charge in [0.15, 0.2) is 0 Å². The monoisotopic (exact) mass is 315 g/mol. The molecular formula is C22H21NO. The average molecular weight is 315 g/mol. The molecule has 3 rings (SSSR count). The van der Waals surface area contributed by atoms with E-state index in [9.17, 15) is 4.79 Å². The summed E-state index contributed by atoms with van der Waals surface area (Å²) in [4.78, 5) is 13.2. The van der Waals surface area contributed by atoms with Gasteiger partial charge in [-0.3, -0.25) is 4.79 Å². The number of nitrogens with zero attached hydrogens (tertiary/aromatic N) is 1. The molecule has 0 radical (unpaired) electrons. The Morgan fingerprint density at radius 2 is 1.29 bits per heavy atom. The van der Waals surface area contributed by atoms with Crippen LogP contribution in [0, 0.1) is 20.8 Å². The third-order valence-electron chi connectivity index (χ3n) is 4.16. The molecule has 120 valence electrons. The molecule has 2 heteroatoms. The molecular weight excluding hydrogens is 294 g/mol. The zero-order chi connectivity index (χ0) is 17.1. The smallest absolute Gasteiger partial charge is 0.150 e. The third kappa shape index (κ3) is 3.09. The van der Waals surface area contributed by atoms with Crippen LogP contribution in [0.15, 0.2) is 66.7 Å². The first-order valence-electron chi connectivity index (χ1n) is 8.08. The second-order valence-corrected chi connectivity index (χ2v) is 6.13. The minimum absolute atomic E-state index is 0.684. The minimum Gasteiger partial charge on any atom is -0.310 e. The van der Waals surface area contributed by atoms with E-state index in [0.29, 0.717) is 5.56 Å². The van der Waals surface area contributed by atoms with Crippen molar-refractivity contribution in [3.8, 4) is 0 Å². The first kappa shape index (κ1) is 16.0. The van der Waals surface area contributed by atoms with Crippen molar-refractivity contribution in [2.45, 2.75) is 20.8 Å². The number of benzene rings is 3. The minimum atomic E-state index is 0.684. The van der Waals surface area contributed by atoms with E-state index in [-0.39, 0.29) is 0 Å². The van der Waals surface area contributed by atoms with Crippen molar-refractivity contribution in [3.05, 3.63) is 89.0 Å². The van der Waals surface area contributed by atoms with E-state index in [0.717, 1.165) is 17.7 Å². The van der Waals surface area contributed by atoms with Crippen molar-refractivity contribution in [2.24, 2.45) is 0 Å². The van der Waals surface area contributed by atoms with Gasteiger partial charge in [0.05, 0.1) is 5.69 Å². The van der Waals surface area contributed by atoms with E-state index in [2.05, 4.69) is 49.9 Å². The molecule has 0 saturated carbocycles. The van der Waals surface area contributed by atoms with E-state index in [1.165, 1.54) is 22.4 Å². The lowest BCUT2D eigenvalue weighted by atomic mass is 10.0. The van der Waals surface area contributed by atoms with Gasteiger partial charge in [0, 0.05) is 16.9 Å². The molecule has 0 bridgehead atoms. The van der Waals surface area contributed by atoms with Crippen molar-refractivity contribution >= 4 is 23.3 Å². The summed E-state index contributed by atoms with van der Waals surface area (Å²) in [5.41, 5.74) is 7.74. The highest BCUT2D eigenvalue weighted by Gasteiger charge is 2.16. The topological polar surface area (TPSA) is 20.3 Å². The van der Waals surface area contributed by atoms with Crippen LogP contribution in [0.25, 0.3) is 0 Å². The van der Waals surface area contributed by atoms with Gasteiger partial charge in [-0.25, -0.2) is 0 Å². The third-order valence-corrected chi connectivity index (χ3v) is 4.16. The summed E-state index contributed by atoms with van der Waals surface area (Å²) >= 11 is 0. The number of aldehydes is 1. The van der Waals surface area contributed by atoms with Gasteiger partial charge < -0.3 is 4.90 Å². The molecule has 0 fully saturated rings. The van der Waals surface area contributed by atoms with Gasteiger partial charge in [0.1, 0.15) is 6.29 Å². The van der Waals surface area contributed by atoms with Gasteiger partial charge in [-0.05, 0) is 68.3 Å². The van der Waals surface area contributed by atoms with Crippen molar-refractivity contribution in [1.82, 2.24) is 0 Å². The zero-order valence-corrected chi connectivity index (χ0v) is 14.3. The Bertz CT molecular complexity index is 828. The van der Waals surface area contributed by atoms with Crippen LogP contribution in [-0.4, -0.2) is 6.29 Å². The molecule has 24 heavy (non-hydrogen) atoms. The fourth-order valence-corrected chi connectivity index (χ4v) is 3.21. The van der Waals surface area contributed by atoms with E-state index in [1.807, 2.05) is 42.5 Å². The lowest BCUT2D eigenvalue weighted by molar-refractivity contribution is 0.112. The quantitative estimate of drug-likeness (QED) is 0.559. The second-order valence-electron chi connectivity index (χ2n) is 6.13. The number of carbonyl (C=O) groups is 1. The Hall–Kier alpha value is -2.87. The molecule has 0 amide bonds. The van der Waals surface area contributed by atoms with Gasteiger partial charge in [-0.2, -0.15) is 0 Å². The maximum absolute atomic E-state index is 11.0. The van der Waals surface area contributed by atoms with Crippen LogP contribution in [0.1, 0.15) is 27.0 Å². The molecule has 0 aromatic heterocycles. The van der Waals surface area contributed by atoms with Gasteiger partial charge in [-0.15, -0.1) is 0 Å². The first-order chi connectivity index (χ1) is 11.6. The van der Waals surface area contributed by atoms with E-state index in [4.69, 9.17) is 0 Å². The first-order valence-corrected chi connectivity index (χ1v) is 8.08. The number of anilines is 3. The van der Waals surface area contributed by atoms with Crippen LogP contribution in [0.5, 0.6) is 0 Å². The molecule has 0 unspecified atom stereocenters. The summed E-state index contributed by atoms with van der Waals surface area (Å²) in [6.07, 6.45) is 0.874. The zero-order valence-electron chi connectivity index (χ0n) is 14.3. The molecule has 0 aliphatic heterocycles. The fraction of sp³-hybridized carbons (Fsp3) is 0.136. The Morgan fingerprint density at radius 1 is 0.750 bits per heavy atom. The lowest BCUT2D eigenvalue weighted by Crippen LogP contribution is -2.13. The molecule has 0 atom stereocenters. The molecule has 0 saturated heterocycles. The van der Waals surface area contributed by atoms with Crippen LogP contribution in [-0.2, 0) is 0 Å². The average Bonchev–Trinajstić information content (AvgIpc) is 2.59. The van der Waals surface area contributed by atoms with Gasteiger partial charge in [0.2, 0.25) is 0 Å². The van der Waals surface area contributed by atoms with Gasteiger partial charge in [0.25, 0.3) is 0 Å². The van der Waals surface area contributed by atoms with Crippen LogP contribution >= 0.6 is 0 Å². The largest absolute Gasteiger partial charge is 0.310 e. The Morgan fingerprint density at radius 3 is 1.83 bits per heavy atom. The molecule has 3 aromatic carbocycles. The highest BCUT2D eigenvalue weighted by molar-refractivity contribution is 5.82. The van der Waals surface area contributed by atoms with Crippen molar-refractivity contribution in [2.75, 3.05) is 4.90 Å². The molecule has 0 aliphatic carbocycles. The van der Waals surface area contributed by atoms with Crippen molar-refractivity contribution in [3.63, 3.8) is 0 Å². The van der Waals surface area contributed by atoms with Gasteiger partial charge in [-0.1, -0.05) is 35.9 Å². The van der Waals surface area contributed by atoms with E-state index < -0.39 is 0 Å². The molecule has 0 aliphatic rings. The van der Waals surface area contributed by atoms with Crippen molar-refractivity contribution < 1.29 is 4.79 Å². The number of hydrogen-bond acceptors (Lipinski definition) is 2. The van der Waals surface area contributed by atoms with Gasteiger partial charge >= 0.3 is 0 Å². The summed E-state index contributed by atoms with van der Waals surface area (Å²) in [5, 5.41) is 0. The summed E-state index contributed by atoms with van der Waals surface area (Å²) in [7, 11) is 0. The number of rotatable bonds is 4. The summed E-state index contributed by atoms with van der Waals surface area (Å²) in [6.45, 7) is 6.41. The standard InChI is InChI=1S/C22H21NO/c1-16-13-17(2)22(18(3)14-16)23(20-7-5-4-6-8-20)21-11-9-19(15-24)10-12-21/h4-15H,1-3H3. The molecule has 0 spiro atoms. The number of aryl methyl sites for hydroxylation is 3. The Labute approximate surface area is 143 Å². The predicted octanol–water partition coefficient (Wildman–Crippen LogP) is 5.89. The van der Waals surface area contributed by atoms with Crippen LogP contribution < -0.4 is 4.90 Å². The highest BCUT2D eigenvalue weighted by atomic mass is 16.1. The Kier molecular flexibility index (Phi) is 4.48. The van der Waals surface area contributed by atoms with E-state index >= 15 is 0 Å². The van der Waals surface area contributed by atoms with E-state index in [1.54, 1.807) is 0 Å². The second kappa shape index (κ2) is 6.71. The van der Waals surface area contributed by atoms with Crippen molar-refractivity contribution in [1.29, 1.82) is 0 Å². The summed E-state index contributed by atoms with van der Waals surface area (Å²) in [6, 6.07) is 22.4. The highest BCUT2D eigenvalue weighted by Crippen LogP contribution is 2.38. The number of carbonyl (C=O) groups excluding carboxylic acids is 1. The normalized spacial score (nSPS) is 10.5. The summed E-state index contributed by atoms with van der Waals surface area (Å²) < 4.78 is 0. The summed E-state index contributed by atoms with van der Waals surface area (Å²) in [5.74, 6) is 0. The van der Waals surface area contributed by atoms with Crippen LogP contribution in [0.2, 0.25) is 0 Å². The van der Waals surface area contributed by atoms with Crippen LogP contribution in [0.3, 0.4) is 0 Å². The fourth-order valence-electron chi connectivity index (χ4n) is 3.21. The maximum atomic E-state index is 11.0. The SMILES string of the molecule is Cc1cc(C)c(N(c2ccccc2)c2ccc(C=O)cc2)c(C)c1. The van der Waals surface area contributed by atoms with Crippen LogP contribution in [0.4, 0.5) is 17.1 Å². The molecule has 0 N–H and O–H groups in total. The number of para-hydroxylation sites is 1. The molecule has 2 nitrogen and oxygen atoms in total. The Balaban J connectivity index is 2.21.